The van der Waals surface area contributed by atoms with Gasteiger partial charge in [-0.3, -0.25) is 9.59 Å². The van der Waals surface area contributed by atoms with Crippen molar-refractivity contribution in [3.63, 3.8) is 0 Å². The van der Waals surface area contributed by atoms with Gasteiger partial charge in [0, 0.05) is 6.04 Å². The molecular formula is C20H24N2O4. The van der Waals surface area contributed by atoms with E-state index in [1.807, 2.05) is 24.3 Å². The maximum absolute atomic E-state index is 12.7. The van der Waals surface area contributed by atoms with Crippen LogP contribution in [-0.2, 0) is 4.79 Å². The number of ether oxygens (including phenoxy) is 1. The molecule has 0 aliphatic heterocycles. The van der Waals surface area contributed by atoms with Crippen molar-refractivity contribution in [1.29, 1.82) is 0 Å². The van der Waals surface area contributed by atoms with Crippen LogP contribution in [0.1, 0.15) is 37.0 Å². The van der Waals surface area contributed by atoms with E-state index >= 15 is 0 Å². The third-order valence-corrected chi connectivity index (χ3v) is 4.24. The van der Waals surface area contributed by atoms with Gasteiger partial charge in [-0.1, -0.05) is 24.3 Å². The van der Waals surface area contributed by atoms with E-state index in [4.69, 9.17) is 4.74 Å². The smallest absolute Gasteiger partial charge is 0.258 e. The molecule has 0 radical (unpaired) electrons. The van der Waals surface area contributed by atoms with Gasteiger partial charge in [-0.25, -0.2) is 0 Å². The molecule has 2 amide bonds. The fraction of sp³-hybridized carbons (Fsp3) is 0.400. The first-order chi connectivity index (χ1) is 12.4. The number of aliphatic hydroxyl groups excluding tert-OH is 1. The Morgan fingerprint density at radius 1 is 1.19 bits per heavy atom. The molecule has 6 nitrogen and oxygen atoms in total. The van der Waals surface area contributed by atoms with Crippen molar-refractivity contribution in [2.45, 2.75) is 38.3 Å². The lowest BCUT2D eigenvalue weighted by atomic mass is 10.0. The van der Waals surface area contributed by atoms with Crippen molar-refractivity contribution >= 4 is 22.6 Å². The summed E-state index contributed by atoms with van der Waals surface area (Å²) in [6.07, 6.45) is 2.01. The summed E-state index contributed by atoms with van der Waals surface area (Å²) < 4.78 is 5.67. The summed E-state index contributed by atoms with van der Waals surface area (Å²) in [4.78, 5) is 24.6. The van der Waals surface area contributed by atoms with Gasteiger partial charge >= 0.3 is 0 Å². The van der Waals surface area contributed by atoms with Crippen molar-refractivity contribution < 1.29 is 19.4 Å². The summed E-state index contributed by atoms with van der Waals surface area (Å²) in [5.41, 5.74) is -0.423. The second kappa shape index (κ2) is 7.33. The summed E-state index contributed by atoms with van der Waals surface area (Å²) >= 11 is 0. The zero-order valence-corrected chi connectivity index (χ0v) is 15.0. The van der Waals surface area contributed by atoms with E-state index in [9.17, 15) is 14.7 Å². The number of nitrogens with one attached hydrogen (secondary N) is 2. The van der Waals surface area contributed by atoms with Gasteiger partial charge in [-0.2, -0.15) is 0 Å². The number of hydrogen-bond acceptors (Lipinski definition) is 4. The van der Waals surface area contributed by atoms with Crippen molar-refractivity contribution in [3.05, 3.63) is 42.0 Å². The summed E-state index contributed by atoms with van der Waals surface area (Å²) in [7, 11) is 0. The van der Waals surface area contributed by atoms with Crippen LogP contribution in [0.5, 0.6) is 5.75 Å². The van der Waals surface area contributed by atoms with Crippen LogP contribution < -0.4 is 15.4 Å². The normalized spacial score (nSPS) is 14.1. The number of benzene rings is 2. The molecule has 26 heavy (non-hydrogen) atoms. The SMILES string of the molecule is CC(C)(CO)NC(=O)c1cc2ccccc2cc1OCC(=O)NC1CC1. The molecule has 0 atom stereocenters. The number of aliphatic hydroxyl groups is 1. The highest BCUT2D eigenvalue weighted by atomic mass is 16.5. The molecular weight excluding hydrogens is 332 g/mol. The monoisotopic (exact) mass is 356 g/mol. The number of fused-ring (bicyclic) bond motifs is 1. The van der Waals surface area contributed by atoms with Crippen molar-refractivity contribution in [3.8, 4) is 5.75 Å². The minimum atomic E-state index is -0.761. The van der Waals surface area contributed by atoms with Gasteiger partial charge in [0.15, 0.2) is 6.61 Å². The van der Waals surface area contributed by atoms with Crippen LogP contribution in [0.3, 0.4) is 0 Å². The fourth-order valence-corrected chi connectivity index (χ4v) is 2.57. The van der Waals surface area contributed by atoms with Gasteiger partial charge in [0.25, 0.3) is 11.8 Å². The second-order valence-corrected chi connectivity index (χ2v) is 7.32. The number of carbonyl (C=O) groups is 2. The molecule has 0 aromatic heterocycles. The zero-order chi connectivity index (χ0) is 18.7. The van der Waals surface area contributed by atoms with Crippen molar-refractivity contribution in [2.75, 3.05) is 13.2 Å². The molecule has 3 N–H and O–H groups in total. The first-order valence-corrected chi connectivity index (χ1v) is 8.76. The minimum Gasteiger partial charge on any atom is -0.483 e. The van der Waals surface area contributed by atoms with Crippen molar-refractivity contribution in [2.24, 2.45) is 0 Å². The van der Waals surface area contributed by atoms with Crippen LogP contribution in [0.25, 0.3) is 10.8 Å². The third-order valence-electron chi connectivity index (χ3n) is 4.24. The molecule has 138 valence electrons. The molecule has 2 aromatic carbocycles. The van der Waals surface area contributed by atoms with Crippen LogP contribution in [0.2, 0.25) is 0 Å². The minimum absolute atomic E-state index is 0.140. The number of hydrogen-bond donors (Lipinski definition) is 3. The van der Waals surface area contributed by atoms with Crippen molar-refractivity contribution in [1.82, 2.24) is 10.6 Å². The Morgan fingerprint density at radius 2 is 1.85 bits per heavy atom. The van der Waals surface area contributed by atoms with E-state index in [2.05, 4.69) is 10.6 Å². The number of rotatable bonds is 7. The van der Waals surface area contributed by atoms with Gasteiger partial charge in [0.1, 0.15) is 5.75 Å². The highest BCUT2D eigenvalue weighted by Crippen LogP contribution is 2.27. The Balaban J connectivity index is 1.85. The Labute approximate surface area is 152 Å². The summed E-state index contributed by atoms with van der Waals surface area (Å²) in [6, 6.07) is 11.4. The summed E-state index contributed by atoms with van der Waals surface area (Å²) in [6.45, 7) is 3.13. The first-order valence-electron chi connectivity index (χ1n) is 8.76. The summed E-state index contributed by atoms with van der Waals surface area (Å²) in [5, 5.41) is 16.9. The quantitative estimate of drug-likeness (QED) is 0.708. The van der Waals surface area contributed by atoms with E-state index < -0.39 is 5.54 Å². The molecule has 0 heterocycles. The van der Waals surface area contributed by atoms with Crippen LogP contribution in [0.4, 0.5) is 0 Å². The number of amides is 2. The highest BCUT2D eigenvalue weighted by Gasteiger charge is 2.25. The van der Waals surface area contributed by atoms with Gasteiger partial charge in [0.2, 0.25) is 0 Å². The zero-order valence-electron chi connectivity index (χ0n) is 15.0. The largest absolute Gasteiger partial charge is 0.483 e. The fourth-order valence-electron chi connectivity index (χ4n) is 2.57. The van der Waals surface area contributed by atoms with Gasteiger partial charge in [0.05, 0.1) is 17.7 Å². The second-order valence-electron chi connectivity index (χ2n) is 7.32. The molecule has 1 fully saturated rings. The predicted octanol–water partition coefficient (Wildman–Crippen LogP) is 2.00. The van der Waals surface area contributed by atoms with Crippen LogP contribution in [0.15, 0.2) is 36.4 Å². The van der Waals surface area contributed by atoms with Crippen LogP contribution in [-0.4, -0.2) is 41.7 Å². The predicted molar refractivity (Wildman–Crippen MR) is 99.2 cm³/mol. The standard InChI is InChI=1S/C20H24N2O4/c1-20(2,12-23)22-19(25)16-9-13-5-3-4-6-14(13)10-17(16)26-11-18(24)21-15-7-8-15/h3-6,9-10,15,23H,7-8,11-12H2,1-2H3,(H,21,24)(H,22,25). The molecule has 1 aliphatic rings. The van der Waals surface area contributed by atoms with Gasteiger partial charge < -0.3 is 20.5 Å². The Kier molecular flexibility index (Phi) is 5.13. The lowest BCUT2D eigenvalue weighted by Crippen LogP contribution is -2.46. The van der Waals surface area contributed by atoms with E-state index in [0.717, 1.165) is 23.6 Å². The Morgan fingerprint density at radius 3 is 2.46 bits per heavy atom. The third kappa shape index (κ3) is 4.52. The highest BCUT2D eigenvalue weighted by molar-refractivity contribution is 6.02. The molecule has 0 bridgehead atoms. The molecule has 0 unspecified atom stereocenters. The molecule has 1 aliphatic carbocycles. The van der Waals surface area contributed by atoms with E-state index in [1.165, 1.54) is 0 Å². The maximum atomic E-state index is 12.7. The van der Waals surface area contributed by atoms with E-state index in [0.29, 0.717) is 11.3 Å². The average molecular weight is 356 g/mol. The molecule has 0 spiro atoms. The Bertz CT molecular complexity index is 828. The Hall–Kier alpha value is -2.60. The molecule has 3 rings (SSSR count). The molecule has 1 saturated carbocycles. The first kappa shape index (κ1) is 18.2. The molecule has 0 saturated heterocycles. The molecule has 2 aromatic rings. The average Bonchev–Trinajstić information content (AvgIpc) is 3.42. The van der Waals surface area contributed by atoms with Crippen LogP contribution in [0, 0.1) is 0 Å². The number of carbonyl (C=O) groups excluding carboxylic acids is 2. The maximum Gasteiger partial charge on any atom is 0.258 e. The van der Waals surface area contributed by atoms with Crippen LogP contribution >= 0.6 is 0 Å². The van der Waals surface area contributed by atoms with E-state index in [-0.39, 0.29) is 31.1 Å². The van der Waals surface area contributed by atoms with E-state index in [1.54, 1.807) is 26.0 Å². The summed E-state index contributed by atoms with van der Waals surface area (Å²) in [5.74, 6) is -0.198. The lowest BCUT2D eigenvalue weighted by Gasteiger charge is -2.24. The lowest BCUT2D eigenvalue weighted by molar-refractivity contribution is -0.123. The molecule has 6 heteroatoms. The van der Waals surface area contributed by atoms with Gasteiger partial charge in [-0.05, 0) is 49.6 Å². The topological polar surface area (TPSA) is 87.7 Å². The van der Waals surface area contributed by atoms with Gasteiger partial charge in [-0.15, -0.1) is 0 Å².